The van der Waals surface area contributed by atoms with Crippen LogP contribution in [0.2, 0.25) is 0 Å². The molecule has 5 aromatic rings. The van der Waals surface area contributed by atoms with E-state index in [4.69, 9.17) is 5.26 Å². The zero-order valence-corrected chi connectivity index (χ0v) is 26.6. The molecular weight excluding hydrogens is 546 g/mol. The molecule has 3 heteroatoms. The number of aryl methyl sites for hydroxylation is 1. The Labute approximate surface area is 268 Å². The van der Waals surface area contributed by atoms with E-state index in [1.807, 2.05) is 37.3 Å². The molecule has 0 N–H and O–H groups in total. The number of nitriles is 2. The molecule has 3 nitrogen and oxygen atoms in total. The van der Waals surface area contributed by atoms with Crippen molar-refractivity contribution in [1.29, 1.82) is 10.5 Å². The van der Waals surface area contributed by atoms with Crippen molar-refractivity contribution in [2.75, 3.05) is 4.90 Å². The van der Waals surface area contributed by atoms with Gasteiger partial charge < -0.3 is 4.90 Å². The Morgan fingerprint density at radius 3 is 2.02 bits per heavy atom. The lowest BCUT2D eigenvalue weighted by Gasteiger charge is -2.29. The highest BCUT2D eigenvalue weighted by atomic mass is 15.1. The zero-order valence-electron chi connectivity index (χ0n) is 26.6. The Hall–Kier alpha value is -5.38. The summed E-state index contributed by atoms with van der Waals surface area (Å²) in [6.45, 7) is 12.3. The predicted octanol–water partition coefficient (Wildman–Crippen LogP) is 11.1. The van der Waals surface area contributed by atoms with Gasteiger partial charge in [-0.2, -0.15) is 10.5 Å². The molecular formula is C42H39N3. The molecule has 0 bridgehead atoms. The Kier molecular flexibility index (Phi) is 9.32. The highest BCUT2D eigenvalue weighted by molar-refractivity contribution is 5.85. The van der Waals surface area contributed by atoms with Gasteiger partial charge in [0.2, 0.25) is 0 Å². The van der Waals surface area contributed by atoms with Gasteiger partial charge >= 0.3 is 0 Å². The van der Waals surface area contributed by atoms with Gasteiger partial charge in [-0.3, -0.25) is 0 Å². The number of allylic oxidation sites excluding steroid dienone is 1. The second kappa shape index (κ2) is 13.5. The zero-order chi connectivity index (χ0) is 32.0. The largest absolute Gasteiger partial charge is 0.310 e. The van der Waals surface area contributed by atoms with Crippen molar-refractivity contribution in [3.8, 4) is 23.3 Å². The minimum atomic E-state index is -0.0793. The van der Waals surface area contributed by atoms with Gasteiger partial charge in [0.05, 0.1) is 17.7 Å². The molecule has 0 aliphatic heterocycles. The molecule has 45 heavy (non-hydrogen) atoms. The van der Waals surface area contributed by atoms with Crippen LogP contribution < -0.4 is 4.90 Å². The van der Waals surface area contributed by atoms with Crippen LogP contribution in [0.15, 0.2) is 127 Å². The molecule has 0 atom stereocenters. The molecule has 1 aliphatic carbocycles. The Bertz CT molecular complexity index is 1900. The fraction of sp³-hybridized carbons (Fsp3) is 0.190. The molecule has 0 fully saturated rings. The molecule has 0 heterocycles. The van der Waals surface area contributed by atoms with E-state index in [0.717, 1.165) is 36.3 Å². The molecule has 1 aliphatic rings. The fourth-order valence-electron chi connectivity index (χ4n) is 6.12. The Balaban J connectivity index is 0.000000515. The number of anilines is 3. The molecule has 0 radical (unpaired) electrons. The summed E-state index contributed by atoms with van der Waals surface area (Å²) in [7, 11) is 0. The van der Waals surface area contributed by atoms with Crippen molar-refractivity contribution in [2.24, 2.45) is 0 Å². The van der Waals surface area contributed by atoms with E-state index in [-0.39, 0.29) is 5.41 Å². The molecule has 0 saturated carbocycles. The second-order valence-corrected chi connectivity index (χ2v) is 12.1. The smallest absolute Gasteiger partial charge is 0.0991 e. The van der Waals surface area contributed by atoms with Crippen molar-refractivity contribution in [3.05, 3.63) is 161 Å². The fourth-order valence-corrected chi connectivity index (χ4v) is 6.12. The van der Waals surface area contributed by atoms with Gasteiger partial charge in [-0.15, -0.1) is 0 Å². The van der Waals surface area contributed by atoms with Gasteiger partial charge in [0.15, 0.2) is 0 Å². The van der Waals surface area contributed by atoms with Crippen molar-refractivity contribution >= 4 is 17.1 Å². The van der Waals surface area contributed by atoms with Crippen LogP contribution in [-0.2, 0) is 11.8 Å². The number of hydrogen-bond acceptors (Lipinski definition) is 3. The number of rotatable bonds is 7. The second-order valence-electron chi connectivity index (χ2n) is 12.1. The van der Waals surface area contributed by atoms with E-state index in [1.165, 1.54) is 38.9 Å². The molecule has 0 unspecified atom stereocenters. The predicted molar refractivity (Wildman–Crippen MR) is 187 cm³/mol. The summed E-state index contributed by atoms with van der Waals surface area (Å²) in [4.78, 5) is 2.31. The summed E-state index contributed by atoms with van der Waals surface area (Å²) in [5.74, 6) is 0. The summed E-state index contributed by atoms with van der Waals surface area (Å²) in [5.41, 5.74) is 13.8. The molecule has 6 rings (SSSR count). The van der Waals surface area contributed by atoms with Gasteiger partial charge in [0.25, 0.3) is 0 Å². The first-order valence-electron chi connectivity index (χ1n) is 15.5. The van der Waals surface area contributed by atoms with Crippen LogP contribution in [0.4, 0.5) is 17.1 Å². The lowest BCUT2D eigenvalue weighted by molar-refractivity contribution is 0.660. The summed E-state index contributed by atoms with van der Waals surface area (Å²) >= 11 is 0. The molecule has 0 spiro atoms. The third kappa shape index (κ3) is 6.59. The maximum atomic E-state index is 9.39. The summed E-state index contributed by atoms with van der Waals surface area (Å²) < 4.78 is 0. The van der Waals surface area contributed by atoms with E-state index < -0.39 is 0 Å². The van der Waals surface area contributed by atoms with E-state index >= 15 is 0 Å². The maximum absolute atomic E-state index is 9.39. The average Bonchev–Trinajstić information content (AvgIpc) is 3.30. The SMILES string of the molecule is C=C(C#N)CCC.Cc1ccc(N(c2ccc(C#N)cc2)c2ccc3c(c2)C(C)(C)c2ccccc2-3)cc1Cc1ccccc1. The van der Waals surface area contributed by atoms with Gasteiger partial charge in [-0.1, -0.05) is 101 Å². The molecule has 222 valence electrons. The van der Waals surface area contributed by atoms with Crippen LogP contribution in [-0.4, -0.2) is 0 Å². The molecule has 5 aromatic carbocycles. The quantitative estimate of drug-likeness (QED) is 0.179. The van der Waals surface area contributed by atoms with Gasteiger partial charge in [0, 0.05) is 28.1 Å². The van der Waals surface area contributed by atoms with Crippen LogP contribution in [0, 0.1) is 29.6 Å². The first-order chi connectivity index (χ1) is 21.8. The number of fused-ring (bicyclic) bond motifs is 3. The van der Waals surface area contributed by atoms with Crippen LogP contribution >= 0.6 is 0 Å². The number of hydrogen-bond donors (Lipinski definition) is 0. The maximum Gasteiger partial charge on any atom is 0.0991 e. The third-order valence-corrected chi connectivity index (χ3v) is 8.62. The summed E-state index contributed by atoms with van der Waals surface area (Å²) in [6, 6.07) is 45.1. The van der Waals surface area contributed by atoms with Crippen LogP contribution in [0.5, 0.6) is 0 Å². The highest BCUT2D eigenvalue weighted by Gasteiger charge is 2.35. The van der Waals surface area contributed by atoms with E-state index in [9.17, 15) is 5.26 Å². The number of nitrogens with zero attached hydrogens (tertiary/aromatic N) is 3. The lowest BCUT2D eigenvalue weighted by Crippen LogP contribution is -2.16. The van der Waals surface area contributed by atoms with E-state index in [0.29, 0.717) is 11.1 Å². The highest BCUT2D eigenvalue weighted by Crippen LogP contribution is 2.50. The van der Waals surface area contributed by atoms with Crippen molar-refractivity contribution < 1.29 is 0 Å². The Morgan fingerprint density at radius 2 is 1.36 bits per heavy atom. The lowest BCUT2D eigenvalue weighted by atomic mass is 9.82. The van der Waals surface area contributed by atoms with Crippen molar-refractivity contribution in [2.45, 2.75) is 52.4 Å². The van der Waals surface area contributed by atoms with Gasteiger partial charge in [0.1, 0.15) is 0 Å². The average molecular weight is 586 g/mol. The van der Waals surface area contributed by atoms with Crippen molar-refractivity contribution in [1.82, 2.24) is 0 Å². The van der Waals surface area contributed by atoms with Crippen molar-refractivity contribution in [3.63, 3.8) is 0 Å². The standard InChI is InChI=1S/C36H30N2.C6H9N/c1-25-13-16-30(22-28(25)21-26-9-5-4-6-10-26)38(29-17-14-27(24-37)15-18-29)31-19-20-33-32-11-7-8-12-34(32)36(2,3)35(33)23-31;1-3-4-6(2)5-7/h4-20,22-23H,21H2,1-3H3;2-4H2,1H3. The molecule has 0 aromatic heterocycles. The summed E-state index contributed by atoms with van der Waals surface area (Å²) in [6.07, 6.45) is 2.75. The minimum absolute atomic E-state index is 0.0793. The minimum Gasteiger partial charge on any atom is -0.310 e. The first-order valence-corrected chi connectivity index (χ1v) is 15.5. The van der Waals surface area contributed by atoms with Gasteiger partial charge in [-0.25, -0.2) is 0 Å². The third-order valence-electron chi connectivity index (χ3n) is 8.62. The Morgan fingerprint density at radius 1 is 0.733 bits per heavy atom. The van der Waals surface area contributed by atoms with Crippen LogP contribution in [0.3, 0.4) is 0 Å². The van der Waals surface area contributed by atoms with Crippen LogP contribution in [0.25, 0.3) is 11.1 Å². The number of benzene rings is 5. The molecule has 0 amide bonds. The topological polar surface area (TPSA) is 50.8 Å². The van der Waals surface area contributed by atoms with Gasteiger partial charge in [-0.05, 0) is 107 Å². The molecule has 0 saturated heterocycles. The summed E-state index contributed by atoms with van der Waals surface area (Å²) in [5, 5.41) is 17.5. The first kappa shape index (κ1) is 31.1. The normalized spacial score (nSPS) is 12.0. The monoisotopic (exact) mass is 585 g/mol. The van der Waals surface area contributed by atoms with Crippen LogP contribution in [0.1, 0.15) is 67.0 Å². The van der Waals surface area contributed by atoms with E-state index in [1.54, 1.807) is 0 Å². The van der Waals surface area contributed by atoms with E-state index in [2.05, 4.69) is 129 Å².